The van der Waals surface area contributed by atoms with Crippen molar-refractivity contribution in [3.63, 3.8) is 0 Å². The summed E-state index contributed by atoms with van der Waals surface area (Å²) in [7, 11) is 0. The maximum Gasteiger partial charge on any atom is 0.246 e. The smallest absolute Gasteiger partial charge is 0.246 e. The Labute approximate surface area is 268 Å². The molecule has 4 aliphatic rings. The van der Waals surface area contributed by atoms with Crippen LogP contribution in [-0.4, -0.2) is 6.71 Å². The molecular formula is C41H30BNOS. The molecule has 2 aliphatic carbocycles. The first kappa shape index (κ1) is 25.6. The zero-order chi connectivity index (χ0) is 29.9. The summed E-state index contributed by atoms with van der Waals surface area (Å²) in [6, 6.07) is 40.6. The van der Waals surface area contributed by atoms with Crippen molar-refractivity contribution < 1.29 is 4.42 Å². The molecule has 0 saturated heterocycles. The molecule has 0 unspecified atom stereocenters. The lowest BCUT2D eigenvalue weighted by molar-refractivity contribution is 0.547. The van der Waals surface area contributed by atoms with Crippen molar-refractivity contribution >= 4 is 63.5 Å². The van der Waals surface area contributed by atoms with Gasteiger partial charge in [0.05, 0.1) is 0 Å². The Morgan fingerprint density at radius 3 is 2.53 bits per heavy atom. The van der Waals surface area contributed by atoms with Crippen LogP contribution >= 0.6 is 11.8 Å². The van der Waals surface area contributed by atoms with Crippen LogP contribution in [0, 0.1) is 0 Å². The van der Waals surface area contributed by atoms with E-state index in [0.29, 0.717) is 0 Å². The van der Waals surface area contributed by atoms with Crippen LogP contribution in [0.4, 0.5) is 11.4 Å². The lowest BCUT2D eigenvalue weighted by atomic mass is 9.31. The summed E-state index contributed by atoms with van der Waals surface area (Å²) in [6.07, 6.45) is 6.51. The predicted octanol–water partition coefficient (Wildman–Crippen LogP) is 9.53. The molecule has 0 radical (unpaired) electrons. The summed E-state index contributed by atoms with van der Waals surface area (Å²) in [5.74, 6) is 1.11. The summed E-state index contributed by atoms with van der Waals surface area (Å²) in [5, 5.41) is 1.22. The Kier molecular flexibility index (Phi) is 5.23. The van der Waals surface area contributed by atoms with E-state index in [1.807, 2.05) is 11.8 Å². The van der Waals surface area contributed by atoms with Crippen LogP contribution in [0.3, 0.4) is 0 Å². The van der Waals surface area contributed by atoms with E-state index in [1.165, 1.54) is 76.5 Å². The topological polar surface area (TPSA) is 16.4 Å². The standard InChI is InChI=1S/C41H30BNOS/c1-41(2)31-18-8-6-15-30(31)38-40(41)42-32-23-22-25(27-16-10-17-29-28-14-7-9-20-34(28)44-39(27)29)24-36(32)45-35-21-11-19-33(37(35)42)43(38)26-12-4-3-5-13-26/h3-8,10-19,21-24H,9,20H2,1-2H3. The normalized spacial score (nSPS) is 16.8. The van der Waals surface area contributed by atoms with Gasteiger partial charge in [-0.2, -0.15) is 0 Å². The Hall–Kier alpha value is -4.67. The van der Waals surface area contributed by atoms with Crippen LogP contribution < -0.4 is 15.8 Å². The Morgan fingerprint density at radius 1 is 0.800 bits per heavy atom. The molecule has 5 aromatic carbocycles. The third-order valence-electron chi connectivity index (χ3n) is 10.4. The molecule has 2 aliphatic heterocycles. The molecule has 0 bridgehead atoms. The Bertz CT molecular complexity index is 2290. The van der Waals surface area contributed by atoms with Gasteiger partial charge in [0.2, 0.25) is 6.71 Å². The van der Waals surface area contributed by atoms with E-state index < -0.39 is 0 Å². The van der Waals surface area contributed by atoms with Crippen LogP contribution in [0.5, 0.6) is 0 Å². The maximum atomic E-state index is 6.55. The van der Waals surface area contributed by atoms with E-state index in [0.717, 1.165) is 24.2 Å². The fourth-order valence-corrected chi connectivity index (χ4v) is 9.64. The lowest BCUT2D eigenvalue weighted by Gasteiger charge is -2.42. The van der Waals surface area contributed by atoms with Crippen LogP contribution in [0.25, 0.3) is 33.9 Å². The Balaban J connectivity index is 1.21. The van der Waals surface area contributed by atoms with Crippen molar-refractivity contribution in [2.45, 2.75) is 41.9 Å². The molecule has 10 rings (SSSR count). The number of hydrogen-bond donors (Lipinski definition) is 0. The highest BCUT2D eigenvalue weighted by Gasteiger charge is 2.51. The number of benzene rings is 5. The average molecular weight is 596 g/mol. The zero-order valence-electron chi connectivity index (χ0n) is 25.3. The minimum Gasteiger partial charge on any atom is -0.460 e. The number of furan rings is 1. The molecule has 0 spiro atoms. The molecule has 0 N–H and O–H groups in total. The molecule has 0 amide bonds. The monoisotopic (exact) mass is 595 g/mol. The largest absolute Gasteiger partial charge is 0.460 e. The fourth-order valence-electron chi connectivity index (χ4n) is 8.43. The molecule has 0 atom stereocenters. The molecule has 6 aromatic rings. The SMILES string of the molecule is CC1(C)C2=C(c3ccccc31)N(c1ccccc1)c1cccc3c1B2c1ccc(-c2cccc4c5c(oc24)CCC=C5)cc1S3. The van der Waals surface area contributed by atoms with Crippen LogP contribution in [0.15, 0.2) is 135 Å². The molecule has 4 heteroatoms. The molecule has 0 saturated carbocycles. The van der Waals surface area contributed by atoms with Crippen LogP contribution in [-0.2, 0) is 11.8 Å². The second kappa shape index (κ2) is 9.18. The van der Waals surface area contributed by atoms with Gasteiger partial charge in [0.1, 0.15) is 11.3 Å². The van der Waals surface area contributed by atoms with Gasteiger partial charge >= 0.3 is 0 Å². The number of fused-ring (bicyclic) bond motifs is 8. The molecule has 45 heavy (non-hydrogen) atoms. The molecule has 1 aromatic heterocycles. The summed E-state index contributed by atoms with van der Waals surface area (Å²) >= 11 is 1.92. The van der Waals surface area contributed by atoms with E-state index in [4.69, 9.17) is 4.42 Å². The minimum atomic E-state index is -0.126. The van der Waals surface area contributed by atoms with Gasteiger partial charge in [-0.1, -0.05) is 128 Å². The number of rotatable bonds is 2. The van der Waals surface area contributed by atoms with Crippen molar-refractivity contribution in [1.82, 2.24) is 0 Å². The van der Waals surface area contributed by atoms with Crippen LogP contribution in [0.1, 0.15) is 42.7 Å². The average Bonchev–Trinajstić information content (AvgIpc) is 3.57. The first-order valence-electron chi connectivity index (χ1n) is 16.0. The van der Waals surface area contributed by atoms with Crippen molar-refractivity contribution in [3.05, 3.63) is 143 Å². The molecule has 3 heterocycles. The van der Waals surface area contributed by atoms with Gasteiger partial charge in [-0.25, -0.2) is 0 Å². The summed E-state index contributed by atoms with van der Waals surface area (Å²) < 4.78 is 6.55. The predicted molar refractivity (Wildman–Crippen MR) is 190 cm³/mol. The van der Waals surface area contributed by atoms with Crippen molar-refractivity contribution in [2.24, 2.45) is 0 Å². The number of allylic oxidation sites excluding steroid dienone is 2. The van der Waals surface area contributed by atoms with Crippen molar-refractivity contribution in [3.8, 4) is 11.1 Å². The summed E-state index contributed by atoms with van der Waals surface area (Å²) in [5.41, 5.74) is 15.4. The van der Waals surface area contributed by atoms with Gasteiger partial charge in [-0.15, -0.1) is 0 Å². The number of nitrogens with zero attached hydrogens (tertiary/aromatic N) is 1. The minimum absolute atomic E-state index is 0.126. The molecule has 214 valence electrons. The van der Waals surface area contributed by atoms with Crippen molar-refractivity contribution in [2.75, 3.05) is 4.90 Å². The highest BCUT2D eigenvalue weighted by Crippen LogP contribution is 2.55. The number of para-hydroxylation sites is 2. The van der Waals surface area contributed by atoms with Gasteiger partial charge in [-0.3, -0.25) is 0 Å². The van der Waals surface area contributed by atoms with E-state index >= 15 is 0 Å². The lowest BCUT2D eigenvalue weighted by Crippen LogP contribution is -2.55. The summed E-state index contributed by atoms with van der Waals surface area (Å²) in [6.45, 7) is 5.03. The molecular weight excluding hydrogens is 565 g/mol. The first-order chi connectivity index (χ1) is 22.1. The highest BCUT2D eigenvalue weighted by atomic mass is 32.2. The second-order valence-corrected chi connectivity index (χ2v) is 14.2. The maximum absolute atomic E-state index is 6.55. The Morgan fingerprint density at radius 2 is 1.62 bits per heavy atom. The highest BCUT2D eigenvalue weighted by molar-refractivity contribution is 8.00. The van der Waals surface area contributed by atoms with Gasteiger partial charge in [0.15, 0.2) is 0 Å². The summed E-state index contributed by atoms with van der Waals surface area (Å²) in [4.78, 5) is 5.21. The number of aryl methyl sites for hydroxylation is 1. The number of hydrogen-bond acceptors (Lipinski definition) is 3. The molecule has 0 fully saturated rings. The molecule has 2 nitrogen and oxygen atoms in total. The van der Waals surface area contributed by atoms with Gasteiger partial charge in [-0.05, 0) is 53.3 Å². The van der Waals surface area contributed by atoms with E-state index in [9.17, 15) is 0 Å². The van der Waals surface area contributed by atoms with E-state index in [1.54, 1.807) is 0 Å². The first-order valence-corrected chi connectivity index (χ1v) is 16.8. The third kappa shape index (κ3) is 3.44. The van der Waals surface area contributed by atoms with E-state index in [-0.39, 0.29) is 12.1 Å². The number of anilines is 2. The zero-order valence-corrected chi connectivity index (χ0v) is 26.1. The van der Waals surface area contributed by atoms with Crippen LogP contribution in [0.2, 0.25) is 0 Å². The van der Waals surface area contributed by atoms with E-state index in [2.05, 4.69) is 140 Å². The van der Waals surface area contributed by atoms with Gasteiger partial charge in [0.25, 0.3) is 0 Å². The van der Waals surface area contributed by atoms with Crippen molar-refractivity contribution in [1.29, 1.82) is 0 Å². The fraction of sp³-hybridized carbons (Fsp3) is 0.122. The van der Waals surface area contributed by atoms with Gasteiger partial charge in [0, 0.05) is 60.8 Å². The quantitative estimate of drug-likeness (QED) is 0.186. The van der Waals surface area contributed by atoms with Gasteiger partial charge < -0.3 is 9.32 Å². The third-order valence-corrected chi connectivity index (χ3v) is 11.5. The second-order valence-electron chi connectivity index (χ2n) is 13.1.